The van der Waals surface area contributed by atoms with E-state index < -0.39 is 11.9 Å². The molecule has 0 atom stereocenters. The van der Waals surface area contributed by atoms with Crippen molar-refractivity contribution in [3.05, 3.63) is 35.5 Å². The number of carboxylic acids is 1. The lowest BCUT2D eigenvalue weighted by Crippen LogP contribution is -2.47. The van der Waals surface area contributed by atoms with Crippen molar-refractivity contribution in [2.45, 2.75) is 38.3 Å². The van der Waals surface area contributed by atoms with Crippen LogP contribution >= 0.6 is 0 Å². The second kappa shape index (κ2) is 4.56. The van der Waals surface area contributed by atoms with Crippen molar-refractivity contribution in [2.24, 2.45) is 0 Å². The van der Waals surface area contributed by atoms with Crippen molar-refractivity contribution in [2.75, 3.05) is 0 Å². The Balaban J connectivity index is 1.94. The average Bonchev–Trinajstić information content (AvgIpc) is 2.75. The number of halogens is 1. The molecule has 5 nitrogen and oxygen atoms in total. The molecule has 0 radical (unpaired) electrons. The first kappa shape index (κ1) is 13.1. The number of carboxylic acid groups (broad SMARTS) is 1. The number of pyridine rings is 1. The van der Waals surface area contributed by atoms with E-state index in [1.54, 1.807) is 12.3 Å². The minimum Gasteiger partial charge on any atom is -0.478 e. The molecule has 3 rings (SSSR count). The molecular weight excluding hydrogens is 261 g/mol. The van der Waals surface area contributed by atoms with E-state index in [0.29, 0.717) is 6.54 Å². The fourth-order valence-electron chi connectivity index (χ4n) is 2.57. The van der Waals surface area contributed by atoms with Gasteiger partial charge in [-0.1, -0.05) is 0 Å². The number of hydrogen-bond donors (Lipinski definition) is 2. The molecule has 0 amide bonds. The third-order valence-corrected chi connectivity index (χ3v) is 4.02. The second-order valence-corrected chi connectivity index (χ2v) is 5.61. The van der Waals surface area contributed by atoms with Gasteiger partial charge in [0.05, 0.1) is 6.20 Å². The first-order valence-electron chi connectivity index (χ1n) is 6.62. The van der Waals surface area contributed by atoms with Gasteiger partial charge in [-0.15, -0.1) is 0 Å². The highest BCUT2D eigenvalue weighted by atomic mass is 19.1. The molecule has 106 valence electrons. The molecule has 0 saturated heterocycles. The van der Waals surface area contributed by atoms with Gasteiger partial charge in [0, 0.05) is 18.3 Å². The maximum atomic E-state index is 13.6. The van der Waals surface area contributed by atoms with E-state index in [-0.39, 0.29) is 16.7 Å². The zero-order valence-corrected chi connectivity index (χ0v) is 11.2. The number of hydrogen-bond acceptors (Lipinski definition) is 3. The van der Waals surface area contributed by atoms with Crippen molar-refractivity contribution in [3.63, 3.8) is 0 Å². The highest BCUT2D eigenvalue weighted by Crippen LogP contribution is 2.31. The van der Waals surface area contributed by atoms with Gasteiger partial charge in [-0.3, -0.25) is 4.40 Å². The predicted molar refractivity (Wildman–Crippen MR) is 71.2 cm³/mol. The predicted octanol–water partition coefficient (Wildman–Crippen LogP) is 2.20. The van der Waals surface area contributed by atoms with Gasteiger partial charge in [0.15, 0.2) is 5.65 Å². The van der Waals surface area contributed by atoms with Crippen molar-refractivity contribution in [1.82, 2.24) is 14.7 Å². The number of aromatic carboxylic acids is 1. The summed E-state index contributed by atoms with van der Waals surface area (Å²) in [4.78, 5) is 15.1. The number of carbonyl (C=O) groups is 1. The fraction of sp³-hybridized carbons (Fsp3) is 0.429. The van der Waals surface area contributed by atoms with E-state index in [9.17, 15) is 14.3 Å². The first-order chi connectivity index (χ1) is 9.48. The summed E-state index contributed by atoms with van der Waals surface area (Å²) in [5.74, 6) is -1.66. The summed E-state index contributed by atoms with van der Waals surface area (Å²) in [6.07, 6.45) is 6.06. The number of nitrogens with one attached hydrogen (secondary N) is 1. The SMILES string of the molecule is CC1(NCc2cc(C(=O)O)c3ncc(F)n3c2)CCC1. The van der Waals surface area contributed by atoms with Gasteiger partial charge in [-0.25, -0.2) is 9.78 Å². The van der Waals surface area contributed by atoms with E-state index in [4.69, 9.17) is 0 Å². The molecule has 1 fully saturated rings. The number of fused-ring (bicyclic) bond motifs is 1. The Morgan fingerprint density at radius 3 is 2.95 bits per heavy atom. The summed E-state index contributed by atoms with van der Waals surface area (Å²) in [7, 11) is 0. The summed E-state index contributed by atoms with van der Waals surface area (Å²) >= 11 is 0. The molecule has 20 heavy (non-hydrogen) atoms. The summed E-state index contributed by atoms with van der Waals surface area (Å²) in [6, 6.07) is 1.55. The van der Waals surface area contributed by atoms with E-state index in [0.717, 1.165) is 24.6 Å². The van der Waals surface area contributed by atoms with Gasteiger partial charge in [-0.05, 0) is 37.8 Å². The molecule has 6 heteroatoms. The van der Waals surface area contributed by atoms with E-state index in [2.05, 4.69) is 17.2 Å². The molecule has 2 heterocycles. The average molecular weight is 277 g/mol. The van der Waals surface area contributed by atoms with Crippen LogP contribution in [0.1, 0.15) is 42.1 Å². The fourth-order valence-corrected chi connectivity index (χ4v) is 2.57. The topological polar surface area (TPSA) is 66.6 Å². The Morgan fingerprint density at radius 1 is 1.60 bits per heavy atom. The first-order valence-corrected chi connectivity index (χ1v) is 6.62. The molecule has 0 aromatic carbocycles. The van der Waals surface area contributed by atoms with Crippen LogP contribution < -0.4 is 5.32 Å². The third-order valence-electron chi connectivity index (χ3n) is 4.02. The van der Waals surface area contributed by atoms with Crippen molar-refractivity contribution >= 4 is 11.6 Å². The molecule has 0 spiro atoms. The highest BCUT2D eigenvalue weighted by Gasteiger charge is 2.30. The van der Waals surface area contributed by atoms with Crippen LogP contribution in [-0.2, 0) is 6.54 Å². The Kier molecular flexibility index (Phi) is 2.97. The quantitative estimate of drug-likeness (QED) is 0.899. The van der Waals surface area contributed by atoms with Gasteiger partial charge in [0.25, 0.3) is 0 Å². The lowest BCUT2D eigenvalue weighted by molar-refractivity contribution is 0.0698. The van der Waals surface area contributed by atoms with Crippen LogP contribution in [0.2, 0.25) is 0 Å². The maximum absolute atomic E-state index is 13.6. The van der Waals surface area contributed by atoms with Gasteiger partial charge in [0.2, 0.25) is 5.95 Å². The second-order valence-electron chi connectivity index (χ2n) is 5.61. The molecule has 2 aromatic rings. The van der Waals surface area contributed by atoms with Crippen LogP contribution in [0.5, 0.6) is 0 Å². The van der Waals surface area contributed by atoms with Crippen LogP contribution in [0.15, 0.2) is 18.5 Å². The molecule has 0 bridgehead atoms. The Bertz CT molecular complexity index is 676. The molecule has 1 saturated carbocycles. The van der Waals surface area contributed by atoms with E-state index in [1.165, 1.54) is 10.8 Å². The van der Waals surface area contributed by atoms with Crippen LogP contribution in [0.3, 0.4) is 0 Å². The minimum absolute atomic E-state index is 0.0203. The van der Waals surface area contributed by atoms with Gasteiger partial charge < -0.3 is 10.4 Å². The lowest BCUT2D eigenvalue weighted by atomic mass is 9.78. The Labute approximate surface area is 115 Å². The normalized spacial score (nSPS) is 17.1. The summed E-state index contributed by atoms with van der Waals surface area (Å²) < 4.78 is 14.8. The molecule has 2 N–H and O–H groups in total. The van der Waals surface area contributed by atoms with Gasteiger partial charge in [-0.2, -0.15) is 4.39 Å². The third kappa shape index (κ3) is 2.16. The van der Waals surface area contributed by atoms with Crippen molar-refractivity contribution in [3.8, 4) is 0 Å². The maximum Gasteiger partial charge on any atom is 0.339 e. The molecular formula is C14H16FN3O2. The summed E-state index contributed by atoms with van der Waals surface area (Å²) in [5, 5.41) is 12.6. The molecule has 0 unspecified atom stereocenters. The number of rotatable bonds is 4. The minimum atomic E-state index is -1.10. The number of aromatic nitrogens is 2. The number of nitrogens with zero attached hydrogens (tertiary/aromatic N) is 2. The van der Waals surface area contributed by atoms with Crippen molar-refractivity contribution in [1.29, 1.82) is 0 Å². The highest BCUT2D eigenvalue weighted by molar-refractivity contribution is 5.94. The molecule has 1 aliphatic rings. The van der Waals surface area contributed by atoms with Crippen molar-refractivity contribution < 1.29 is 14.3 Å². The molecule has 1 aliphatic carbocycles. The Morgan fingerprint density at radius 2 is 2.35 bits per heavy atom. The lowest BCUT2D eigenvalue weighted by Gasteiger charge is -2.39. The van der Waals surface area contributed by atoms with Crippen LogP contribution in [-0.4, -0.2) is 26.0 Å². The Hall–Kier alpha value is -1.95. The van der Waals surface area contributed by atoms with Crippen LogP contribution in [0, 0.1) is 5.95 Å². The van der Waals surface area contributed by atoms with Gasteiger partial charge in [0.1, 0.15) is 5.56 Å². The standard InChI is InChI=1S/C14H16FN3O2/c1-14(3-2-4-14)17-6-9-5-10(13(19)20)12-16-7-11(15)18(12)8-9/h5,7-8,17H,2-4,6H2,1H3,(H,19,20). The summed E-state index contributed by atoms with van der Waals surface area (Å²) in [5.41, 5.74) is 1.01. The molecule has 0 aliphatic heterocycles. The van der Waals surface area contributed by atoms with Crippen LogP contribution in [0.4, 0.5) is 4.39 Å². The monoisotopic (exact) mass is 277 g/mol. The molecule has 2 aromatic heterocycles. The van der Waals surface area contributed by atoms with Crippen LogP contribution in [0.25, 0.3) is 5.65 Å². The van der Waals surface area contributed by atoms with E-state index in [1.807, 2.05) is 0 Å². The number of imidazole rings is 1. The smallest absolute Gasteiger partial charge is 0.339 e. The summed E-state index contributed by atoms with van der Waals surface area (Å²) in [6.45, 7) is 2.66. The zero-order chi connectivity index (χ0) is 14.3. The zero-order valence-electron chi connectivity index (χ0n) is 11.2. The van der Waals surface area contributed by atoms with Gasteiger partial charge >= 0.3 is 5.97 Å². The largest absolute Gasteiger partial charge is 0.478 e. The van der Waals surface area contributed by atoms with E-state index >= 15 is 0 Å².